The van der Waals surface area contributed by atoms with Crippen molar-refractivity contribution in [1.82, 2.24) is 9.78 Å². The number of rotatable bonds is 7. The molecule has 8 heteroatoms. The smallest absolute Gasteiger partial charge is 0.261 e. The standard InChI is InChI=1S/C23H18ClN3O3S/c24-19-9-12-22(21(15-19)23(28)18-5-2-1-3-6-18)26-31(29,30)20-10-7-17(8-11-20)16-27-14-4-13-25-27/h1-15,26H,16H2. The lowest BCUT2D eigenvalue weighted by Gasteiger charge is -2.13. The normalized spacial score (nSPS) is 11.3. The number of ketones is 1. The topological polar surface area (TPSA) is 81.1 Å². The second-order valence-electron chi connectivity index (χ2n) is 6.84. The number of halogens is 1. The summed E-state index contributed by atoms with van der Waals surface area (Å²) in [5.41, 5.74) is 1.69. The Balaban J connectivity index is 1.60. The van der Waals surface area contributed by atoms with Crippen LogP contribution in [0.4, 0.5) is 5.69 Å². The van der Waals surface area contributed by atoms with E-state index in [1.807, 2.05) is 12.3 Å². The van der Waals surface area contributed by atoms with Crippen LogP contribution in [0.2, 0.25) is 5.02 Å². The molecule has 1 aromatic heterocycles. The minimum Gasteiger partial charge on any atom is -0.289 e. The average Bonchev–Trinajstić information content (AvgIpc) is 3.28. The van der Waals surface area contributed by atoms with Crippen LogP contribution in [-0.4, -0.2) is 24.0 Å². The van der Waals surface area contributed by atoms with Crippen LogP contribution in [0.15, 0.2) is 96.2 Å². The Morgan fingerprint density at radius 1 is 0.968 bits per heavy atom. The number of nitrogens with one attached hydrogen (secondary N) is 1. The molecule has 156 valence electrons. The fourth-order valence-corrected chi connectivity index (χ4v) is 4.35. The van der Waals surface area contributed by atoms with Gasteiger partial charge in [-0.2, -0.15) is 5.10 Å². The van der Waals surface area contributed by atoms with Crippen LogP contribution in [0.1, 0.15) is 21.5 Å². The molecule has 31 heavy (non-hydrogen) atoms. The Bertz CT molecular complexity index is 1300. The van der Waals surface area contributed by atoms with Crippen molar-refractivity contribution in [3.63, 3.8) is 0 Å². The van der Waals surface area contributed by atoms with Crippen LogP contribution in [0, 0.1) is 0 Å². The van der Waals surface area contributed by atoms with Gasteiger partial charge in [0, 0.05) is 28.5 Å². The van der Waals surface area contributed by atoms with Crippen molar-refractivity contribution < 1.29 is 13.2 Å². The third-order valence-electron chi connectivity index (χ3n) is 4.64. The molecule has 0 amide bonds. The Labute approximate surface area is 185 Å². The monoisotopic (exact) mass is 451 g/mol. The number of sulfonamides is 1. The van der Waals surface area contributed by atoms with E-state index >= 15 is 0 Å². The molecule has 0 aliphatic carbocycles. The van der Waals surface area contributed by atoms with Gasteiger partial charge < -0.3 is 0 Å². The minimum atomic E-state index is -3.91. The van der Waals surface area contributed by atoms with Gasteiger partial charge in [0.1, 0.15) is 0 Å². The average molecular weight is 452 g/mol. The van der Waals surface area contributed by atoms with Crippen molar-refractivity contribution in [2.75, 3.05) is 4.72 Å². The largest absolute Gasteiger partial charge is 0.289 e. The Morgan fingerprint density at radius 2 is 1.71 bits per heavy atom. The predicted molar refractivity (Wildman–Crippen MR) is 120 cm³/mol. The molecule has 0 fully saturated rings. The highest BCUT2D eigenvalue weighted by Crippen LogP contribution is 2.26. The minimum absolute atomic E-state index is 0.0878. The quantitative estimate of drug-likeness (QED) is 0.416. The lowest BCUT2D eigenvalue weighted by molar-refractivity contribution is 0.103. The molecule has 0 saturated heterocycles. The predicted octanol–water partition coefficient (Wildman–Crippen LogP) is 4.62. The molecule has 4 rings (SSSR count). The summed E-state index contributed by atoms with van der Waals surface area (Å²) in [6.45, 7) is 0.535. The van der Waals surface area contributed by atoms with Crippen molar-refractivity contribution >= 4 is 33.1 Å². The number of carbonyl (C=O) groups excluding carboxylic acids is 1. The molecule has 0 unspecified atom stereocenters. The first-order valence-electron chi connectivity index (χ1n) is 9.41. The van der Waals surface area contributed by atoms with E-state index in [4.69, 9.17) is 11.6 Å². The number of hydrogen-bond donors (Lipinski definition) is 1. The second-order valence-corrected chi connectivity index (χ2v) is 8.96. The second kappa shape index (κ2) is 8.75. The van der Waals surface area contributed by atoms with E-state index in [0.717, 1.165) is 5.56 Å². The molecule has 0 aliphatic rings. The van der Waals surface area contributed by atoms with Gasteiger partial charge in [-0.15, -0.1) is 0 Å². The van der Waals surface area contributed by atoms with Crippen LogP contribution in [0.3, 0.4) is 0 Å². The summed E-state index contributed by atoms with van der Waals surface area (Å²) in [6.07, 6.45) is 3.52. The van der Waals surface area contributed by atoms with Crippen LogP contribution in [-0.2, 0) is 16.6 Å². The number of anilines is 1. The van der Waals surface area contributed by atoms with Gasteiger partial charge in [-0.25, -0.2) is 8.42 Å². The summed E-state index contributed by atoms with van der Waals surface area (Å²) >= 11 is 6.08. The van der Waals surface area contributed by atoms with Crippen LogP contribution in [0.5, 0.6) is 0 Å². The first-order chi connectivity index (χ1) is 14.9. The number of aromatic nitrogens is 2. The molecule has 0 bridgehead atoms. The van der Waals surface area contributed by atoms with Crippen molar-refractivity contribution in [1.29, 1.82) is 0 Å². The van der Waals surface area contributed by atoms with Crippen molar-refractivity contribution in [2.24, 2.45) is 0 Å². The summed E-state index contributed by atoms with van der Waals surface area (Å²) in [7, 11) is -3.91. The molecule has 1 heterocycles. The summed E-state index contributed by atoms with van der Waals surface area (Å²) in [4.78, 5) is 13.0. The van der Waals surface area contributed by atoms with E-state index in [-0.39, 0.29) is 21.9 Å². The molecule has 6 nitrogen and oxygen atoms in total. The van der Waals surface area contributed by atoms with E-state index in [0.29, 0.717) is 17.1 Å². The maximum Gasteiger partial charge on any atom is 0.261 e. The zero-order chi connectivity index (χ0) is 21.8. The van der Waals surface area contributed by atoms with Gasteiger partial charge in [0.2, 0.25) is 0 Å². The number of carbonyl (C=O) groups is 1. The van der Waals surface area contributed by atoms with Crippen LogP contribution < -0.4 is 4.72 Å². The maximum absolute atomic E-state index is 13.0. The first-order valence-corrected chi connectivity index (χ1v) is 11.3. The molecule has 0 aliphatic heterocycles. The summed E-state index contributed by atoms with van der Waals surface area (Å²) in [6, 6.07) is 21.4. The molecule has 0 atom stereocenters. The lowest BCUT2D eigenvalue weighted by Crippen LogP contribution is -2.16. The first kappa shape index (κ1) is 20.8. The number of hydrogen-bond acceptors (Lipinski definition) is 4. The third-order valence-corrected chi connectivity index (χ3v) is 6.26. The Morgan fingerprint density at radius 3 is 2.39 bits per heavy atom. The molecule has 0 spiro atoms. The summed E-state index contributed by atoms with van der Waals surface area (Å²) in [5.74, 6) is -0.324. The molecular formula is C23H18ClN3O3S. The fraction of sp³-hybridized carbons (Fsp3) is 0.0435. The third kappa shape index (κ3) is 4.84. The van der Waals surface area contributed by atoms with E-state index < -0.39 is 10.0 Å². The van der Waals surface area contributed by atoms with Crippen LogP contribution >= 0.6 is 11.6 Å². The summed E-state index contributed by atoms with van der Waals surface area (Å²) < 4.78 is 30.2. The van der Waals surface area contributed by atoms with Crippen LogP contribution in [0.25, 0.3) is 0 Å². The maximum atomic E-state index is 13.0. The van der Waals surface area contributed by atoms with Gasteiger partial charge in [-0.05, 0) is 42.0 Å². The van der Waals surface area contributed by atoms with Gasteiger partial charge >= 0.3 is 0 Å². The van der Waals surface area contributed by atoms with Crippen molar-refractivity contribution in [2.45, 2.75) is 11.4 Å². The highest BCUT2D eigenvalue weighted by atomic mass is 35.5. The zero-order valence-corrected chi connectivity index (χ0v) is 17.8. The van der Waals surface area contributed by atoms with Gasteiger partial charge in [0.25, 0.3) is 10.0 Å². The van der Waals surface area contributed by atoms with E-state index in [2.05, 4.69) is 9.82 Å². The van der Waals surface area contributed by atoms with Gasteiger partial charge in [-0.1, -0.05) is 54.1 Å². The van der Waals surface area contributed by atoms with E-state index in [1.54, 1.807) is 53.3 Å². The van der Waals surface area contributed by atoms with Crippen molar-refractivity contribution in [3.05, 3.63) is 113 Å². The molecular weight excluding hydrogens is 434 g/mol. The SMILES string of the molecule is O=C(c1ccccc1)c1cc(Cl)ccc1NS(=O)(=O)c1ccc(Cn2cccn2)cc1. The zero-order valence-electron chi connectivity index (χ0n) is 16.3. The highest BCUT2D eigenvalue weighted by molar-refractivity contribution is 7.92. The Kier molecular flexibility index (Phi) is 5.88. The number of benzene rings is 3. The van der Waals surface area contributed by atoms with Gasteiger partial charge in [0.15, 0.2) is 5.78 Å². The van der Waals surface area contributed by atoms with Gasteiger partial charge in [0.05, 0.1) is 17.1 Å². The molecule has 0 saturated carbocycles. The molecule has 0 radical (unpaired) electrons. The van der Waals surface area contributed by atoms with E-state index in [9.17, 15) is 13.2 Å². The molecule has 3 aromatic carbocycles. The highest BCUT2D eigenvalue weighted by Gasteiger charge is 2.20. The summed E-state index contributed by atoms with van der Waals surface area (Å²) in [5, 5.41) is 4.48. The molecule has 1 N–H and O–H groups in total. The van der Waals surface area contributed by atoms with Crippen molar-refractivity contribution in [3.8, 4) is 0 Å². The van der Waals surface area contributed by atoms with E-state index in [1.165, 1.54) is 30.3 Å². The lowest BCUT2D eigenvalue weighted by atomic mass is 10.0. The fourth-order valence-electron chi connectivity index (χ4n) is 3.10. The molecule has 4 aromatic rings. The van der Waals surface area contributed by atoms with Gasteiger partial charge in [-0.3, -0.25) is 14.2 Å². The number of nitrogens with zero attached hydrogens (tertiary/aromatic N) is 2. The Hall–Kier alpha value is -3.42.